The molecule has 2 heterocycles. The molecule has 2 aliphatic rings. The molecule has 2 fully saturated rings. The quantitative estimate of drug-likeness (QED) is 0.183. The van der Waals surface area contributed by atoms with Crippen molar-refractivity contribution in [2.45, 2.75) is 70.2 Å². The fourth-order valence-electron chi connectivity index (χ4n) is 4.31. The van der Waals surface area contributed by atoms with Crippen LogP contribution in [-0.4, -0.2) is 55.6 Å². The normalized spacial score (nSPS) is 26.3. The Labute approximate surface area is 200 Å². The fourth-order valence-corrected chi connectivity index (χ4v) is 5.07. The number of nitrogens with two attached hydrogens (primary N) is 1. The molecule has 1 aromatic carbocycles. The Bertz CT molecular complexity index is 1030. The first-order chi connectivity index (χ1) is 15.8. The standard InChI is InChI=1S/C21H32BN5O6S/c1-19(2)20(3,4)33-22(32-19)12-8-11-17-13-27(34(24,29)30)15-21(17,25-26-23)18(28)31-14-16-9-6-5-7-10-16/h5-7,9-10,17H,8,11-15H2,1-4H3,(H2,24,29,30)/t17-,21-/m1/s1. The minimum Gasteiger partial charge on any atom is -0.460 e. The summed E-state index contributed by atoms with van der Waals surface area (Å²) in [4.78, 5) is 16.1. The highest BCUT2D eigenvalue weighted by atomic mass is 32.2. The number of carbonyl (C=O) groups is 1. The number of benzene rings is 1. The molecule has 186 valence electrons. The van der Waals surface area contributed by atoms with Crippen LogP contribution in [0.3, 0.4) is 0 Å². The summed E-state index contributed by atoms with van der Waals surface area (Å²) in [6.45, 7) is 7.39. The molecule has 0 aliphatic carbocycles. The molecule has 0 saturated carbocycles. The molecule has 0 unspecified atom stereocenters. The summed E-state index contributed by atoms with van der Waals surface area (Å²) in [6, 6.07) is 9.04. The van der Waals surface area contributed by atoms with E-state index in [1.807, 2.05) is 45.9 Å². The SMILES string of the molecule is CC1(C)OB(CCC[C@@H]2CN(S(N)(=O)=O)C[C@]2(N=[N+]=[N-])C(=O)OCc2ccccc2)OC1(C)C. The summed E-state index contributed by atoms with van der Waals surface area (Å²) in [6.07, 6.45) is 1.47. The summed E-state index contributed by atoms with van der Waals surface area (Å²) >= 11 is 0. The lowest BCUT2D eigenvalue weighted by atomic mass is 9.78. The second-order valence-electron chi connectivity index (χ2n) is 9.83. The van der Waals surface area contributed by atoms with Crippen LogP contribution in [0.4, 0.5) is 0 Å². The third-order valence-electron chi connectivity index (χ3n) is 6.96. The summed E-state index contributed by atoms with van der Waals surface area (Å²) in [7, 11) is -4.53. The van der Waals surface area contributed by atoms with Gasteiger partial charge in [0.05, 0.1) is 11.2 Å². The van der Waals surface area contributed by atoms with E-state index in [2.05, 4.69) is 10.0 Å². The molecule has 0 amide bonds. The van der Waals surface area contributed by atoms with Gasteiger partial charge in [0.2, 0.25) is 0 Å². The van der Waals surface area contributed by atoms with Gasteiger partial charge in [0.15, 0.2) is 5.54 Å². The summed E-state index contributed by atoms with van der Waals surface area (Å²) < 4.78 is 42.6. The molecule has 13 heteroatoms. The fraction of sp³-hybridized carbons (Fsp3) is 0.667. The van der Waals surface area contributed by atoms with Crippen LogP contribution >= 0.6 is 0 Å². The predicted octanol–water partition coefficient (Wildman–Crippen LogP) is 2.79. The van der Waals surface area contributed by atoms with Crippen LogP contribution < -0.4 is 5.14 Å². The Morgan fingerprint density at radius 3 is 2.44 bits per heavy atom. The van der Waals surface area contributed by atoms with E-state index in [1.54, 1.807) is 12.1 Å². The number of carbonyl (C=O) groups excluding carboxylic acids is 1. The molecule has 2 aliphatic heterocycles. The van der Waals surface area contributed by atoms with Crippen LogP contribution in [0.2, 0.25) is 6.32 Å². The second-order valence-corrected chi connectivity index (χ2v) is 11.4. The predicted molar refractivity (Wildman–Crippen MR) is 126 cm³/mol. The Balaban J connectivity index is 1.75. The Morgan fingerprint density at radius 1 is 1.26 bits per heavy atom. The van der Waals surface area contributed by atoms with Gasteiger partial charge in [-0.3, -0.25) is 4.79 Å². The van der Waals surface area contributed by atoms with E-state index in [1.165, 1.54) is 0 Å². The number of azide groups is 1. The van der Waals surface area contributed by atoms with Crippen LogP contribution in [0.1, 0.15) is 46.1 Å². The van der Waals surface area contributed by atoms with Crippen LogP contribution in [0.15, 0.2) is 35.4 Å². The minimum absolute atomic E-state index is 0.0294. The van der Waals surface area contributed by atoms with Crippen molar-refractivity contribution in [3.8, 4) is 0 Å². The number of ether oxygens (including phenoxy) is 1. The monoisotopic (exact) mass is 493 g/mol. The number of hydrogen-bond donors (Lipinski definition) is 1. The van der Waals surface area contributed by atoms with Crippen LogP contribution in [0.5, 0.6) is 0 Å². The average Bonchev–Trinajstić information content (AvgIpc) is 3.21. The topological polar surface area (TPSA) is 157 Å². The van der Waals surface area contributed by atoms with Crippen molar-refractivity contribution < 1.29 is 27.3 Å². The van der Waals surface area contributed by atoms with Gasteiger partial charge < -0.3 is 14.0 Å². The first-order valence-corrected chi connectivity index (χ1v) is 12.7. The van der Waals surface area contributed by atoms with E-state index in [4.69, 9.17) is 19.2 Å². The number of nitrogens with zero attached hydrogens (tertiary/aromatic N) is 4. The van der Waals surface area contributed by atoms with Crippen LogP contribution in [0.25, 0.3) is 10.4 Å². The molecule has 34 heavy (non-hydrogen) atoms. The molecule has 2 saturated heterocycles. The lowest BCUT2D eigenvalue weighted by Crippen LogP contribution is -2.46. The number of rotatable bonds is 9. The average molecular weight is 493 g/mol. The summed E-state index contributed by atoms with van der Waals surface area (Å²) in [5.41, 5.74) is 7.36. The molecular formula is C21H32BN5O6S. The Kier molecular flexibility index (Phi) is 7.66. The van der Waals surface area contributed by atoms with Gasteiger partial charge in [0, 0.05) is 18.0 Å². The van der Waals surface area contributed by atoms with E-state index in [0.717, 1.165) is 9.87 Å². The third-order valence-corrected chi connectivity index (χ3v) is 7.96. The molecule has 3 rings (SSSR count). The molecule has 2 atom stereocenters. The maximum Gasteiger partial charge on any atom is 0.457 e. The van der Waals surface area contributed by atoms with Crippen molar-refractivity contribution in [1.82, 2.24) is 4.31 Å². The summed E-state index contributed by atoms with van der Waals surface area (Å²) in [5.74, 6) is -1.40. The highest BCUT2D eigenvalue weighted by molar-refractivity contribution is 7.86. The zero-order chi connectivity index (χ0) is 25.2. The van der Waals surface area contributed by atoms with E-state index >= 15 is 0 Å². The minimum atomic E-state index is -4.10. The number of hydrogen-bond acceptors (Lipinski definition) is 7. The summed E-state index contributed by atoms with van der Waals surface area (Å²) in [5, 5.41) is 9.14. The Morgan fingerprint density at radius 2 is 1.88 bits per heavy atom. The van der Waals surface area contributed by atoms with Crippen molar-refractivity contribution in [2.75, 3.05) is 13.1 Å². The van der Waals surface area contributed by atoms with E-state index < -0.39 is 46.0 Å². The van der Waals surface area contributed by atoms with Crippen molar-refractivity contribution >= 4 is 23.3 Å². The van der Waals surface area contributed by atoms with Gasteiger partial charge in [-0.1, -0.05) is 41.9 Å². The molecule has 0 aromatic heterocycles. The largest absolute Gasteiger partial charge is 0.460 e. The van der Waals surface area contributed by atoms with Gasteiger partial charge in [0.25, 0.3) is 10.2 Å². The highest BCUT2D eigenvalue weighted by Crippen LogP contribution is 2.40. The van der Waals surface area contributed by atoms with Gasteiger partial charge >= 0.3 is 13.1 Å². The van der Waals surface area contributed by atoms with E-state index in [0.29, 0.717) is 19.2 Å². The van der Waals surface area contributed by atoms with E-state index in [-0.39, 0.29) is 19.7 Å². The zero-order valence-electron chi connectivity index (χ0n) is 20.0. The smallest absolute Gasteiger partial charge is 0.457 e. The first kappa shape index (κ1) is 26.5. The number of esters is 1. The van der Waals surface area contributed by atoms with Gasteiger partial charge in [-0.2, -0.15) is 12.7 Å². The zero-order valence-corrected chi connectivity index (χ0v) is 20.8. The second kappa shape index (κ2) is 9.84. The molecule has 2 N–H and O–H groups in total. The lowest BCUT2D eigenvalue weighted by Gasteiger charge is -2.32. The van der Waals surface area contributed by atoms with Crippen LogP contribution in [-0.2, 0) is 35.7 Å². The molecule has 1 aromatic rings. The Hall–Kier alpha value is -2.15. The van der Waals surface area contributed by atoms with Gasteiger partial charge in [-0.25, -0.2) is 5.14 Å². The van der Waals surface area contributed by atoms with Crippen molar-refractivity contribution in [1.29, 1.82) is 0 Å². The van der Waals surface area contributed by atoms with Crippen LogP contribution in [0, 0.1) is 5.92 Å². The van der Waals surface area contributed by atoms with Crippen molar-refractivity contribution in [2.24, 2.45) is 16.2 Å². The molecule has 0 spiro atoms. The maximum atomic E-state index is 13.2. The molecule has 11 nitrogen and oxygen atoms in total. The van der Waals surface area contributed by atoms with E-state index in [9.17, 15) is 18.7 Å². The molecule has 0 bridgehead atoms. The van der Waals surface area contributed by atoms with Crippen molar-refractivity contribution in [3.05, 3.63) is 46.3 Å². The van der Waals surface area contributed by atoms with Gasteiger partial charge in [-0.05, 0) is 57.4 Å². The molecule has 0 radical (unpaired) electrons. The first-order valence-electron chi connectivity index (χ1n) is 11.2. The third kappa shape index (κ3) is 5.56. The highest BCUT2D eigenvalue weighted by Gasteiger charge is 2.55. The van der Waals surface area contributed by atoms with Crippen molar-refractivity contribution in [3.63, 3.8) is 0 Å². The lowest BCUT2D eigenvalue weighted by molar-refractivity contribution is -0.152. The maximum absolute atomic E-state index is 13.2. The van der Waals surface area contributed by atoms with Gasteiger partial charge in [0.1, 0.15) is 6.61 Å². The molecular weight excluding hydrogens is 461 g/mol. The van der Waals surface area contributed by atoms with Gasteiger partial charge in [-0.15, -0.1) is 0 Å².